The van der Waals surface area contributed by atoms with Crippen molar-refractivity contribution in [1.29, 1.82) is 0 Å². The Morgan fingerprint density at radius 2 is 2.10 bits per heavy atom. The van der Waals surface area contributed by atoms with Crippen LogP contribution in [0.15, 0.2) is 24.3 Å². The molecule has 0 amide bonds. The van der Waals surface area contributed by atoms with Crippen LogP contribution in [-0.2, 0) is 9.47 Å². The molecular formula is C16H22FNO2. The van der Waals surface area contributed by atoms with Crippen molar-refractivity contribution in [1.82, 2.24) is 5.32 Å². The Morgan fingerprint density at radius 1 is 1.30 bits per heavy atom. The Hall–Kier alpha value is -0.970. The van der Waals surface area contributed by atoms with Crippen LogP contribution in [0.4, 0.5) is 4.39 Å². The smallest absolute Gasteiger partial charge is 0.123 e. The quantitative estimate of drug-likeness (QED) is 0.922. The zero-order chi connectivity index (χ0) is 14.0. The molecule has 3 unspecified atom stereocenters. The SMILES string of the molecule is CNC(c1ccc(F)cc1)C1CCOC2(CCOC2)C1. The average Bonchev–Trinajstić information content (AvgIpc) is 2.90. The van der Waals surface area contributed by atoms with Gasteiger partial charge in [-0.3, -0.25) is 0 Å². The molecule has 1 aromatic rings. The first-order chi connectivity index (χ1) is 9.72. The first kappa shape index (κ1) is 14.0. The van der Waals surface area contributed by atoms with Gasteiger partial charge in [-0.2, -0.15) is 0 Å². The Labute approximate surface area is 119 Å². The largest absolute Gasteiger partial charge is 0.378 e. The van der Waals surface area contributed by atoms with E-state index in [9.17, 15) is 4.39 Å². The Bertz CT molecular complexity index is 442. The van der Waals surface area contributed by atoms with E-state index in [2.05, 4.69) is 5.32 Å². The van der Waals surface area contributed by atoms with Crippen LogP contribution in [0.1, 0.15) is 30.9 Å². The molecular weight excluding hydrogens is 257 g/mol. The van der Waals surface area contributed by atoms with Crippen LogP contribution in [0.25, 0.3) is 0 Å². The number of halogens is 1. The molecule has 3 rings (SSSR count). The maximum atomic E-state index is 13.1. The van der Waals surface area contributed by atoms with Crippen LogP contribution in [-0.4, -0.2) is 32.5 Å². The number of rotatable bonds is 3. The fourth-order valence-corrected chi connectivity index (χ4v) is 3.56. The molecule has 1 aromatic carbocycles. The Morgan fingerprint density at radius 3 is 2.75 bits per heavy atom. The van der Waals surface area contributed by atoms with Crippen molar-refractivity contribution >= 4 is 0 Å². The van der Waals surface area contributed by atoms with Crippen LogP contribution in [0, 0.1) is 11.7 Å². The van der Waals surface area contributed by atoms with Crippen molar-refractivity contribution in [2.24, 2.45) is 5.92 Å². The van der Waals surface area contributed by atoms with Crippen molar-refractivity contribution in [2.45, 2.75) is 30.9 Å². The monoisotopic (exact) mass is 279 g/mol. The molecule has 3 nitrogen and oxygen atoms in total. The minimum atomic E-state index is -0.184. The van der Waals surface area contributed by atoms with E-state index < -0.39 is 0 Å². The highest BCUT2D eigenvalue weighted by Gasteiger charge is 2.42. The molecule has 0 saturated carbocycles. The lowest BCUT2D eigenvalue weighted by molar-refractivity contribution is -0.103. The molecule has 0 aromatic heterocycles. The van der Waals surface area contributed by atoms with Gasteiger partial charge in [0.05, 0.1) is 12.2 Å². The second kappa shape index (κ2) is 5.80. The fraction of sp³-hybridized carbons (Fsp3) is 0.625. The lowest BCUT2D eigenvalue weighted by Crippen LogP contribution is -2.43. The summed E-state index contributed by atoms with van der Waals surface area (Å²) in [5.41, 5.74) is 1.06. The summed E-state index contributed by atoms with van der Waals surface area (Å²) in [5.74, 6) is 0.317. The maximum Gasteiger partial charge on any atom is 0.123 e. The van der Waals surface area contributed by atoms with Crippen molar-refractivity contribution in [3.8, 4) is 0 Å². The van der Waals surface area contributed by atoms with E-state index in [0.717, 1.165) is 38.0 Å². The van der Waals surface area contributed by atoms with Gasteiger partial charge in [-0.05, 0) is 43.5 Å². The summed E-state index contributed by atoms with van der Waals surface area (Å²) < 4.78 is 24.6. The number of hydrogen-bond acceptors (Lipinski definition) is 3. The molecule has 3 atom stereocenters. The first-order valence-corrected chi connectivity index (χ1v) is 7.37. The van der Waals surface area contributed by atoms with Crippen LogP contribution in [0.5, 0.6) is 0 Å². The molecule has 0 bridgehead atoms. The summed E-state index contributed by atoms with van der Waals surface area (Å²) in [7, 11) is 1.97. The highest BCUT2D eigenvalue weighted by Crippen LogP contribution is 2.40. The number of hydrogen-bond donors (Lipinski definition) is 1. The van der Waals surface area contributed by atoms with E-state index in [1.54, 1.807) is 0 Å². The predicted octanol–water partition coefficient (Wildman–Crippen LogP) is 2.67. The summed E-state index contributed by atoms with van der Waals surface area (Å²) in [4.78, 5) is 0. The Kier molecular flexibility index (Phi) is 4.06. The molecule has 110 valence electrons. The van der Waals surface area contributed by atoms with Crippen LogP contribution in [0.2, 0.25) is 0 Å². The molecule has 0 aliphatic carbocycles. The predicted molar refractivity (Wildman–Crippen MR) is 75.0 cm³/mol. The normalized spacial score (nSPS) is 31.6. The molecule has 2 heterocycles. The average molecular weight is 279 g/mol. The summed E-state index contributed by atoms with van der Waals surface area (Å²) in [6.07, 6.45) is 3.03. The van der Waals surface area contributed by atoms with Crippen LogP contribution < -0.4 is 5.32 Å². The van der Waals surface area contributed by atoms with Gasteiger partial charge in [-0.1, -0.05) is 12.1 Å². The summed E-state index contributed by atoms with van der Waals surface area (Å²) >= 11 is 0. The summed E-state index contributed by atoms with van der Waals surface area (Å²) in [6.45, 7) is 2.30. The lowest BCUT2D eigenvalue weighted by atomic mass is 9.79. The second-order valence-electron chi connectivity index (χ2n) is 5.90. The highest BCUT2D eigenvalue weighted by molar-refractivity contribution is 5.21. The van der Waals surface area contributed by atoms with Gasteiger partial charge in [0.25, 0.3) is 0 Å². The van der Waals surface area contributed by atoms with E-state index in [-0.39, 0.29) is 17.5 Å². The van der Waals surface area contributed by atoms with Gasteiger partial charge in [0, 0.05) is 25.7 Å². The zero-order valence-corrected chi connectivity index (χ0v) is 11.9. The van der Waals surface area contributed by atoms with Crippen LogP contribution >= 0.6 is 0 Å². The molecule has 4 heteroatoms. The third-order valence-electron chi connectivity index (χ3n) is 4.61. The van der Waals surface area contributed by atoms with E-state index in [4.69, 9.17) is 9.47 Å². The van der Waals surface area contributed by atoms with E-state index >= 15 is 0 Å². The molecule has 2 fully saturated rings. The molecule has 2 saturated heterocycles. The van der Waals surface area contributed by atoms with Gasteiger partial charge in [-0.15, -0.1) is 0 Å². The topological polar surface area (TPSA) is 30.5 Å². The van der Waals surface area contributed by atoms with Crippen molar-refractivity contribution in [3.05, 3.63) is 35.6 Å². The maximum absolute atomic E-state index is 13.1. The molecule has 1 N–H and O–H groups in total. The van der Waals surface area contributed by atoms with Crippen molar-refractivity contribution < 1.29 is 13.9 Å². The minimum absolute atomic E-state index is 0.0853. The molecule has 2 aliphatic rings. The molecule has 20 heavy (non-hydrogen) atoms. The van der Waals surface area contributed by atoms with Gasteiger partial charge < -0.3 is 14.8 Å². The standard InChI is InChI=1S/C16H22FNO2/c1-18-15(12-2-4-14(17)5-3-12)13-6-8-20-16(10-13)7-9-19-11-16/h2-5,13,15,18H,6-11H2,1H3. The fourth-order valence-electron chi connectivity index (χ4n) is 3.56. The van der Waals surface area contributed by atoms with Gasteiger partial charge in [0.1, 0.15) is 5.82 Å². The summed E-state index contributed by atoms with van der Waals surface area (Å²) in [5, 5.41) is 3.40. The van der Waals surface area contributed by atoms with Crippen molar-refractivity contribution in [3.63, 3.8) is 0 Å². The minimum Gasteiger partial charge on any atom is -0.378 e. The second-order valence-corrected chi connectivity index (χ2v) is 5.90. The zero-order valence-electron chi connectivity index (χ0n) is 11.9. The van der Waals surface area contributed by atoms with Gasteiger partial charge in [0.2, 0.25) is 0 Å². The first-order valence-electron chi connectivity index (χ1n) is 7.37. The van der Waals surface area contributed by atoms with E-state index in [0.29, 0.717) is 12.5 Å². The van der Waals surface area contributed by atoms with Gasteiger partial charge >= 0.3 is 0 Å². The van der Waals surface area contributed by atoms with E-state index in [1.165, 1.54) is 12.1 Å². The van der Waals surface area contributed by atoms with Crippen molar-refractivity contribution in [2.75, 3.05) is 26.9 Å². The number of ether oxygens (including phenoxy) is 2. The Balaban J connectivity index is 1.76. The number of benzene rings is 1. The number of nitrogens with one attached hydrogen (secondary N) is 1. The summed E-state index contributed by atoms with van der Waals surface area (Å²) in [6, 6.07) is 7.08. The molecule has 0 radical (unpaired) electrons. The third kappa shape index (κ3) is 2.73. The lowest BCUT2D eigenvalue weighted by Gasteiger charge is -2.40. The van der Waals surface area contributed by atoms with E-state index in [1.807, 2.05) is 19.2 Å². The van der Waals surface area contributed by atoms with Gasteiger partial charge in [0.15, 0.2) is 0 Å². The molecule has 1 spiro atoms. The highest BCUT2D eigenvalue weighted by atomic mass is 19.1. The van der Waals surface area contributed by atoms with Crippen LogP contribution in [0.3, 0.4) is 0 Å². The third-order valence-corrected chi connectivity index (χ3v) is 4.61. The van der Waals surface area contributed by atoms with Gasteiger partial charge in [-0.25, -0.2) is 4.39 Å². The molecule has 2 aliphatic heterocycles.